The molecule has 2 N–H and O–H groups in total. The number of benzene rings is 3. The fourth-order valence-corrected chi connectivity index (χ4v) is 4.48. The normalized spacial score (nSPS) is 12.5. The van der Waals surface area contributed by atoms with Crippen molar-refractivity contribution in [1.29, 1.82) is 0 Å². The largest absolute Gasteiger partial charge is 0.507 e. The Bertz CT molecular complexity index is 1460. The van der Waals surface area contributed by atoms with Gasteiger partial charge < -0.3 is 9.67 Å². The van der Waals surface area contributed by atoms with E-state index in [0.29, 0.717) is 27.6 Å². The summed E-state index contributed by atoms with van der Waals surface area (Å²) in [6.07, 6.45) is 1.60. The van der Waals surface area contributed by atoms with E-state index in [4.69, 9.17) is 0 Å². The lowest BCUT2D eigenvalue weighted by Gasteiger charge is -2.27. The number of phenolic OH excluding ortho intramolecular Hbond substituents is 1. The lowest BCUT2D eigenvalue weighted by Crippen LogP contribution is -2.25. The topological polar surface area (TPSA) is 83.7 Å². The molecule has 6 nitrogen and oxygen atoms in total. The van der Waals surface area contributed by atoms with Crippen LogP contribution in [-0.4, -0.2) is 21.8 Å². The second-order valence-electron chi connectivity index (χ2n) is 11.2. The Hall–Kier alpha value is -3.93. The molecule has 0 atom stereocenters. The molecule has 4 rings (SSSR count). The van der Waals surface area contributed by atoms with Crippen LogP contribution < -0.4 is 10.9 Å². The second kappa shape index (κ2) is 9.26. The minimum absolute atomic E-state index is 0.00864. The molecule has 0 saturated heterocycles. The number of hydrogen-bond acceptors (Lipinski definition) is 4. The zero-order chi connectivity index (χ0) is 26.3. The SMILES string of the molecule is CC(C)(C)c1cc(/C=N/NC(=O)Cn2c3ccccc3c(=O)c3ccccc32)cc(C(C)(C)C)c1O. The molecule has 0 fully saturated rings. The molecule has 186 valence electrons. The number of amides is 1. The van der Waals surface area contributed by atoms with Crippen LogP contribution in [0.25, 0.3) is 21.8 Å². The molecular formula is C30H33N3O3. The molecular weight excluding hydrogens is 450 g/mol. The predicted octanol–water partition coefficient (Wildman–Crippen LogP) is 5.61. The van der Waals surface area contributed by atoms with E-state index in [2.05, 4.69) is 52.1 Å². The van der Waals surface area contributed by atoms with Gasteiger partial charge in [0.2, 0.25) is 0 Å². The lowest BCUT2D eigenvalue weighted by atomic mass is 9.78. The first-order chi connectivity index (χ1) is 16.9. The summed E-state index contributed by atoms with van der Waals surface area (Å²) in [6, 6.07) is 18.4. The highest BCUT2D eigenvalue weighted by molar-refractivity contribution is 5.95. The van der Waals surface area contributed by atoms with Crippen LogP contribution in [0.3, 0.4) is 0 Å². The molecule has 1 amide bonds. The predicted molar refractivity (Wildman–Crippen MR) is 147 cm³/mol. The highest BCUT2D eigenvalue weighted by atomic mass is 16.3. The Kier molecular flexibility index (Phi) is 6.48. The quantitative estimate of drug-likeness (QED) is 0.225. The first-order valence-corrected chi connectivity index (χ1v) is 12.1. The second-order valence-corrected chi connectivity index (χ2v) is 11.2. The molecule has 36 heavy (non-hydrogen) atoms. The summed E-state index contributed by atoms with van der Waals surface area (Å²) >= 11 is 0. The van der Waals surface area contributed by atoms with Crippen molar-refractivity contribution >= 4 is 33.9 Å². The van der Waals surface area contributed by atoms with Crippen LogP contribution in [-0.2, 0) is 22.2 Å². The van der Waals surface area contributed by atoms with Gasteiger partial charge in [-0.2, -0.15) is 5.10 Å². The van der Waals surface area contributed by atoms with E-state index >= 15 is 0 Å². The Morgan fingerprint density at radius 2 is 1.36 bits per heavy atom. The molecule has 3 aromatic carbocycles. The van der Waals surface area contributed by atoms with Gasteiger partial charge in [0.1, 0.15) is 12.3 Å². The van der Waals surface area contributed by atoms with Crippen molar-refractivity contribution in [2.45, 2.75) is 58.9 Å². The third-order valence-electron chi connectivity index (χ3n) is 6.33. The summed E-state index contributed by atoms with van der Waals surface area (Å²) in [4.78, 5) is 25.8. The number of carbonyl (C=O) groups excluding carboxylic acids is 1. The summed E-state index contributed by atoms with van der Waals surface area (Å²) < 4.78 is 1.84. The molecule has 0 bridgehead atoms. The van der Waals surface area contributed by atoms with Crippen LogP contribution in [0.1, 0.15) is 58.2 Å². The van der Waals surface area contributed by atoms with Crippen LogP contribution in [0.2, 0.25) is 0 Å². The van der Waals surface area contributed by atoms with Gasteiger partial charge in [-0.25, -0.2) is 5.43 Å². The van der Waals surface area contributed by atoms with Crippen molar-refractivity contribution < 1.29 is 9.90 Å². The number of carbonyl (C=O) groups is 1. The molecule has 0 saturated carbocycles. The van der Waals surface area contributed by atoms with Crippen LogP contribution in [0, 0.1) is 0 Å². The molecule has 0 aliphatic heterocycles. The van der Waals surface area contributed by atoms with E-state index in [0.717, 1.165) is 16.7 Å². The van der Waals surface area contributed by atoms with E-state index in [9.17, 15) is 14.7 Å². The number of hydrogen-bond donors (Lipinski definition) is 2. The summed E-state index contributed by atoms with van der Waals surface area (Å²) in [5.74, 6) is -0.00997. The maximum Gasteiger partial charge on any atom is 0.260 e. The first kappa shape index (κ1) is 25.2. The Morgan fingerprint density at radius 3 is 1.83 bits per heavy atom. The Morgan fingerprint density at radius 1 is 0.889 bits per heavy atom. The average molecular weight is 484 g/mol. The monoisotopic (exact) mass is 483 g/mol. The van der Waals surface area contributed by atoms with Crippen LogP contribution in [0.15, 0.2) is 70.6 Å². The minimum atomic E-state index is -0.309. The molecule has 4 aromatic rings. The molecule has 0 aliphatic carbocycles. The van der Waals surface area contributed by atoms with Gasteiger partial charge in [0.25, 0.3) is 5.91 Å². The van der Waals surface area contributed by atoms with Gasteiger partial charge in [-0.3, -0.25) is 9.59 Å². The number of pyridine rings is 1. The van der Waals surface area contributed by atoms with Crippen molar-refractivity contribution in [3.8, 4) is 5.75 Å². The van der Waals surface area contributed by atoms with Gasteiger partial charge in [-0.15, -0.1) is 0 Å². The lowest BCUT2D eigenvalue weighted by molar-refractivity contribution is -0.121. The zero-order valence-electron chi connectivity index (χ0n) is 21.7. The van der Waals surface area contributed by atoms with E-state index in [1.54, 1.807) is 18.3 Å². The van der Waals surface area contributed by atoms with Crippen molar-refractivity contribution in [3.63, 3.8) is 0 Å². The maximum atomic E-state index is 12.9. The van der Waals surface area contributed by atoms with Gasteiger partial charge in [-0.1, -0.05) is 65.8 Å². The minimum Gasteiger partial charge on any atom is -0.507 e. The molecule has 0 aliphatic rings. The number of fused-ring (bicyclic) bond motifs is 2. The number of nitrogens with zero attached hydrogens (tertiary/aromatic N) is 2. The molecule has 1 aromatic heterocycles. The summed E-state index contributed by atoms with van der Waals surface area (Å²) in [5.41, 5.74) is 5.90. The van der Waals surface area contributed by atoms with Crippen molar-refractivity contribution in [2.75, 3.05) is 0 Å². The van der Waals surface area contributed by atoms with Gasteiger partial charge in [0.15, 0.2) is 5.43 Å². The number of aromatic hydroxyl groups is 1. The van der Waals surface area contributed by atoms with E-state index < -0.39 is 0 Å². The maximum absolute atomic E-state index is 12.9. The van der Waals surface area contributed by atoms with Crippen LogP contribution in [0.5, 0.6) is 5.75 Å². The van der Waals surface area contributed by atoms with Crippen molar-refractivity contribution in [3.05, 3.63) is 87.6 Å². The molecule has 0 radical (unpaired) electrons. The van der Waals surface area contributed by atoms with E-state index in [-0.39, 0.29) is 28.7 Å². The van der Waals surface area contributed by atoms with Crippen molar-refractivity contribution in [2.24, 2.45) is 5.10 Å². The average Bonchev–Trinajstić information content (AvgIpc) is 2.81. The summed E-state index contributed by atoms with van der Waals surface area (Å²) in [6.45, 7) is 12.3. The fraction of sp³-hybridized carbons (Fsp3) is 0.300. The van der Waals surface area contributed by atoms with Crippen LogP contribution in [0.4, 0.5) is 0 Å². The number of para-hydroxylation sites is 2. The van der Waals surface area contributed by atoms with E-state index in [1.165, 1.54) is 0 Å². The summed E-state index contributed by atoms with van der Waals surface area (Å²) in [5, 5.41) is 16.3. The molecule has 0 spiro atoms. The highest BCUT2D eigenvalue weighted by Crippen LogP contribution is 2.39. The number of aromatic nitrogens is 1. The van der Waals surface area contributed by atoms with Crippen LogP contribution >= 0.6 is 0 Å². The van der Waals surface area contributed by atoms with Crippen molar-refractivity contribution in [1.82, 2.24) is 9.99 Å². The third kappa shape index (κ3) is 4.89. The number of phenols is 1. The molecule has 6 heteroatoms. The Balaban J connectivity index is 1.65. The third-order valence-corrected chi connectivity index (χ3v) is 6.33. The zero-order valence-corrected chi connectivity index (χ0v) is 21.7. The van der Waals surface area contributed by atoms with Gasteiger partial charge in [0, 0.05) is 21.9 Å². The van der Waals surface area contributed by atoms with Gasteiger partial charge >= 0.3 is 0 Å². The standard InChI is InChI=1S/C30H33N3O3/c1-29(2,3)22-15-19(16-23(28(22)36)30(4,5)6)17-31-32-26(34)18-33-24-13-9-7-11-20(24)27(35)21-12-8-10-14-25(21)33/h7-17,36H,18H2,1-6H3,(H,32,34)/b31-17+. The van der Waals surface area contributed by atoms with Gasteiger partial charge in [-0.05, 0) is 52.8 Å². The number of nitrogens with one attached hydrogen (secondary N) is 1. The van der Waals surface area contributed by atoms with E-state index in [1.807, 2.05) is 53.1 Å². The first-order valence-electron chi connectivity index (χ1n) is 12.1. The molecule has 0 unspecified atom stereocenters. The number of rotatable bonds is 4. The number of hydrazone groups is 1. The molecule has 1 heterocycles. The van der Waals surface area contributed by atoms with Gasteiger partial charge in [0.05, 0.1) is 17.2 Å². The highest BCUT2D eigenvalue weighted by Gasteiger charge is 2.26. The summed E-state index contributed by atoms with van der Waals surface area (Å²) in [7, 11) is 0. The smallest absolute Gasteiger partial charge is 0.260 e. The Labute approximate surface area is 211 Å². The fourth-order valence-electron chi connectivity index (χ4n) is 4.48.